The van der Waals surface area contributed by atoms with Gasteiger partial charge in [-0.15, -0.1) is 0 Å². The van der Waals surface area contributed by atoms with Crippen molar-refractivity contribution >= 4 is 22.5 Å². The van der Waals surface area contributed by atoms with Gasteiger partial charge in [0.1, 0.15) is 11.6 Å². The summed E-state index contributed by atoms with van der Waals surface area (Å²) in [5.41, 5.74) is 1.24. The summed E-state index contributed by atoms with van der Waals surface area (Å²) in [5, 5.41) is 10.1. The SMILES string of the molecule is Cc1c(Cl)ccc2cc(C#N)c(=O)[nH]c12. The van der Waals surface area contributed by atoms with Crippen LogP contribution in [0.5, 0.6) is 0 Å². The van der Waals surface area contributed by atoms with Gasteiger partial charge >= 0.3 is 0 Å². The summed E-state index contributed by atoms with van der Waals surface area (Å²) < 4.78 is 0. The maximum absolute atomic E-state index is 11.4. The van der Waals surface area contributed by atoms with Gasteiger partial charge in [0, 0.05) is 5.02 Å². The highest BCUT2D eigenvalue weighted by Crippen LogP contribution is 2.22. The highest BCUT2D eigenvalue weighted by molar-refractivity contribution is 6.32. The number of halogens is 1. The minimum absolute atomic E-state index is 0.115. The number of pyridine rings is 1. The second-order valence-electron chi connectivity index (χ2n) is 3.26. The van der Waals surface area contributed by atoms with Crippen molar-refractivity contribution in [2.75, 3.05) is 0 Å². The number of nitriles is 1. The summed E-state index contributed by atoms with van der Waals surface area (Å²) in [6.07, 6.45) is 0. The maximum Gasteiger partial charge on any atom is 0.266 e. The highest BCUT2D eigenvalue weighted by atomic mass is 35.5. The van der Waals surface area contributed by atoms with Gasteiger partial charge < -0.3 is 4.98 Å². The molecule has 1 aromatic heterocycles. The van der Waals surface area contributed by atoms with Gasteiger partial charge in [-0.25, -0.2) is 0 Å². The lowest BCUT2D eigenvalue weighted by atomic mass is 10.1. The Morgan fingerprint density at radius 1 is 1.47 bits per heavy atom. The number of rotatable bonds is 0. The molecule has 0 saturated heterocycles. The van der Waals surface area contributed by atoms with Crippen LogP contribution < -0.4 is 5.56 Å². The predicted molar refractivity (Wildman–Crippen MR) is 59.0 cm³/mol. The van der Waals surface area contributed by atoms with Crippen LogP contribution in [0.25, 0.3) is 10.9 Å². The van der Waals surface area contributed by atoms with E-state index in [4.69, 9.17) is 16.9 Å². The molecule has 1 N–H and O–H groups in total. The molecule has 0 saturated carbocycles. The zero-order valence-electron chi connectivity index (χ0n) is 7.97. The van der Waals surface area contributed by atoms with Crippen molar-refractivity contribution in [1.29, 1.82) is 5.26 Å². The number of hydrogen-bond donors (Lipinski definition) is 1. The third-order valence-corrected chi connectivity index (χ3v) is 2.74. The van der Waals surface area contributed by atoms with E-state index in [2.05, 4.69) is 4.98 Å². The Kier molecular flexibility index (Phi) is 2.22. The first-order valence-corrected chi connectivity index (χ1v) is 4.73. The average Bonchev–Trinajstić information content (AvgIpc) is 2.24. The lowest BCUT2D eigenvalue weighted by Gasteiger charge is -2.03. The van der Waals surface area contributed by atoms with E-state index in [1.165, 1.54) is 0 Å². The number of hydrogen-bond acceptors (Lipinski definition) is 2. The van der Waals surface area contributed by atoms with Crippen LogP contribution in [-0.4, -0.2) is 4.98 Å². The molecule has 74 valence electrons. The Labute approximate surface area is 90.9 Å². The summed E-state index contributed by atoms with van der Waals surface area (Å²) in [7, 11) is 0. The molecular weight excluding hydrogens is 212 g/mol. The van der Waals surface area contributed by atoms with Crippen LogP contribution in [0.15, 0.2) is 23.0 Å². The fourth-order valence-corrected chi connectivity index (χ4v) is 1.64. The van der Waals surface area contributed by atoms with Gasteiger partial charge in [0.25, 0.3) is 5.56 Å². The smallest absolute Gasteiger partial charge is 0.266 e. The number of aromatic amines is 1. The van der Waals surface area contributed by atoms with E-state index in [1.54, 1.807) is 18.2 Å². The van der Waals surface area contributed by atoms with E-state index in [1.807, 2.05) is 13.0 Å². The van der Waals surface area contributed by atoms with Gasteiger partial charge in [-0.05, 0) is 30.0 Å². The molecule has 0 bridgehead atoms. The van der Waals surface area contributed by atoms with Crippen molar-refractivity contribution in [3.05, 3.63) is 44.7 Å². The Morgan fingerprint density at radius 2 is 2.20 bits per heavy atom. The average molecular weight is 219 g/mol. The van der Waals surface area contributed by atoms with Crippen molar-refractivity contribution in [3.63, 3.8) is 0 Å². The van der Waals surface area contributed by atoms with Crippen LogP contribution in [0.2, 0.25) is 5.02 Å². The zero-order chi connectivity index (χ0) is 11.0. The van der Waals surface area contributed by atoms with Crippen LogP contribution >= 0.6 is 11.6 Å². The van der Waals surface area contributed by atoms with Crippen molar-refractivity contribution < 1.29 is 0 Å². The summed E-state index contributed by atoms with van der Waals surface area (Å²) in [6.45, 7) is 1.83. The van der Waals surface area contributed by atoms with Crippen LogP contribution in [0.4, 0.5) is 0 Å². The molecule has 0 aliphatic rings. The fraction of sp³-hybridized carbons (Fsp3) is 0.0909. The molecule has 4 heteroatoms. The zero-order valence-corrected chi connectivity index (χ0v) is 8.72. The molecule has 3 nitrogen and oxygen atoms in total. The monoisotopic (exact) mass is 218 g/mol. The number of fused-ring (bicyclic) bond motifs is 1. The van der Waals surface area contributed by atoms with E-state index in [0.29, 0.717) is 10.5 Å². The van der Waals surface area contributed by atoms with Gasteiger partial charge in [0.15, 0.2) is 0 Å². The number of H-pyrrole nitrogens is 1. The molecule has 1 heterocycles. The third-order valence-electron chi connectivity index (χ3n) is 2.33. The Balaban J connectivity index is 2.95. The number of nitrogens with zero attached hydrogens (tertiary/aromatic N) is 1. The molecule has 15 heavy (non-hydrogen) atoms. The summed E-state index contributed by atoms with van der Waals surface area (Å²) in [6, 6.07) is 6.94. The van der Waals surface area contributed by atoms with E-state index < -0.39 is 0 Å². The van der Waals surface area contributed by atoms with Crippen LogP contribution in [0.3, 0.4) is 0 Å². The topological polar surface area (TPSA) is 56.6 Å². The van der Waals surface area contributed by atoms with E-state index in [-0.39, 0.29) is 11.1 Å². The molecule has 0 fully saturated rings. The Morgan fingerprint density at radius 3 is 2.87 bits per heavy atom. The van der Waals surface area contributed by atoms with Crippen molar-refractivity contribution in [1.82, 2.24) is 4.98 Å². The minimum Gasteiger partial charge on any atom is -0.321 e. The van der Waals surface area contributed by atoms with Gasteiger partial charge in [-0.1, -0.05) is 17.7 Å². The maximum atomic E-state index is 11.4. The lowest BCUT2D eigenvalue weighted by molar-refractivity contribution is 1.26. The second kappa shape index (κ2) is 3.41. The number of aromatic nitrogens is 1. The number of benzene rings is 1. The fourth-order valence-electron chi connectivity index (χ4n) is 1.48. The molecule has 2 aromatic rings. The molecule has 0 aliphatic carbocycles. The minimum atomic E-state index is -0.379. The summed E-state index contributed by atoms with van der Waals surface area (Å²) in [4.78, 5) is 14.1. The van der Waals surface area contributed by atoms with Crippen molar-refractivity contribution in [3.8, 4) is 6.07 Å². The predicted octanol–water partition coefficient (Wildman–Crippen LogP) is 2.36. The first-order valence-electron chi connectivity index (χ1n) is 4.35. The van der Waals surface area contributed by atoms with E-state index in [0.717, 1.165) is 10.9 Å². The molecule has 0 atom stereocenters. The van der Waals surface area contributed by atoms with Crippen LogP contribution in [0, 0.1) is 18.3 Å². The lowest BCUT2D eigenvalue weighted by Crippen LogP contribution is -2.09. The van der Waals surface area contributed by atoms with Crippen LogP contribution in [-0.2, 0) is 0 Å². The molecular formula is C11H7ClN2O. The quantitative estimate of drug-likeness (QED) is 0.738. The standard InChI is InChI=1S/C11H7ClN2O/c1-6-9(12)3-2-7-4-8(5-13)11(15)14-10(6)7/h2-4H,1H3,(H,14,15). The first kappa shape index (κ1) is 9.75. The number of nitrogens with one attached hydrogen (secondary N) is 1. The van der Waals surface area contributed by atoms with Crippen LogP contribution in [0.1, 0.15) is 11.1 Å². The molecule has 0 spiro atoms. The molecule has 1 aromatic carbocycles. The largest absolute Gasteiger partial charge is 0.321 e. The highest BCUT2D eigenvalue weighted by Gasteiger charge is 2.05. The second-order valence-corrected chi connectivity index (χ2v) is 3.67. The van der Waals surface area contributed by atoms with Gasteiger partial charge in [0.05, 0.1) is 5.52 Å². The normalized spacial score (nSPS) is 10.2. The third kappa shape index (κ3) is 1.49. The molecule has 0 radical (unpaired) electrons. The van der Waals surface area contributed by atoms with E-state index in [9.17, 15) is 4.79 Å². The summed E-state index contributed by atoms with van der Waals surface area (Å²) in [5.74, 6) is 0. The molecule has 2 rings (SSSR count). The van der Waals surface area contributed by atoms with Gasteiger partial charge in [0.2, 0.25) is 0 Å². The molecule has 0 amide bonds. The van der Waals surface area contributed by atoms with Gasteiger partial charge in [-0.2, -0.15) is 5.26 Å². The summed E-state index contributed by atoms with van der Waals surface area (Å²) >= 11 is 5.93. The number of aryl methyl sites for hydroxylation is 1. The molecule has 0 aliphatic heterocycles. The Bertz CT molecular complexity index is 637. The van der Waals surface area contributed by atoms with Crippen molar-refractivity contribution in [2.45, 2.75) is 6.92 Å². The van der Waals surface area contributed by atoms with Crippen molar-refractivity contribution in [2.24, 2.45) is 0 Å². The first-order chi connectivity index (χ1) is 7.13. The van der Waals surface area contributed by atoms with E-state index >= 15 is 0 Å². The van der Waals surface area contributed by atoms with Gasteiger partial charge in [-0.3, -0.25) is 4.79 Å². The molecule has 0 unspecified atom stereocenters. The Hall–Kier alpha value is -1.79.